The molecule has 0 aliphatic carbocycles. The minimum absolute atomic E-state index is 0.0801. The summed E-state index contributed by atoms with van der Waals surface area (Å²) in [5, 5.41) is 5.95. The number of nitrogens with one attached hydrogen (secondary N) is 2. The number of esters is 1. The summed E-state index contributed by atoms with van der Waals surface area (Å²) in [6.07, 6.45) is -0.449. The molecule has 23 heavy (non-hydrogen) atoms. The molecule has 0 spiro atoms. The zero-order chi connectivity index (χ0) is 17.2. The largest absolute Gasteiger partial charge is 0.457 e. The van der Waals surface area contributed by atoms with Crippen molar-refractivity contribution in [3.05, 3.63) is 34.4 Å². The molecule has 0 fully saturated rings. The average molecular weight is 320 g/mol. The fourth-order valence-corrected chi connectivity index (χ4v) is 2.61. The van der Waals surface area contributed by atoms with Crippen LogP contribution in [0.3, 0.4) is 0 Å². The Hall–Kier alpha value is -2.08. The summed E-state index contributed by atoms with van der Waals surface area (Å²) in [6, 6.07) is 3.60. The fourth-order valence-electron chi connectivity index (χ4n) is 2.61. The smallest absolute Gasteiger partial charge is 0.407 e. The zero-order valence-electron chi connectivity index (χ0n) is 14.3. The second-order valence-corrected chi connectivity index (χ2v) is 6.61. The second kappa shape index (κ2) is 6.58. The molecule has 2 rings (SSSR count). The van der Waals surface area contributed by atoms with Crippen molar-refractivity contribution in [2.75, 3.05) is 13.6 Å². The summed E-state index contributed by atoms with van der Waals surface area (Å²) in [4.78, 5) is 23.4. The van der Waals surface area contributed by atoms with E-state index in [9.17, 15) is 9.59 Å². The van der Waals surface area contributed by atoms with Gasteiger partial charge in [0.1, 0.15) is 12.2 Å². The maximum Gasteiger partial charge on any atom is 0.407 e. The monoisotopic (exact) mass is 320 g/mol. The summed E-state index contributed by atoms with van der Waals surface area (Å²) in [6.45, 7) is 8.13. The normalized spacial score (nSPS) is 14.9. The third kappa shape index (κ3) is 4.01. The van der Waals surface area contributed by atoms with Crippen molar-refractivity contribution in [3.63, 3.8) is 0 Å². The molecule has 126 valence electrons. The molecule has 6 nitrogen and oxygen atoms in total. The molecule has 0 saturated heterocycles. The average Bonchev–Trinajstić information content (AvgIpc) is 2.82. The van der Waals surface area contributed by atoms with Crippen molar-refractivity contribution in [2.24, 2.45) is 0 Å². The Morgan fingerprint density at radius 1 is 1.39 bits per heavy atom. The highest BCUT2D eigenvalue weighted by molar-refractivity contribution is 5.94. The minimum atomic E-state index is -0.527. The van der Waals surface area contributed by atoms with Gasteiger partial charge in [-0.15, -0.1) is 0 Å². The lowest BCUT2D eigenvalue weighted by molar-refractivity contribution is 0.0516. The van der Waals surface area contributed by atoms with E-state index in [4.69, 9.17) is 9.47 Å². The van der Waals surface area contributed by atoms with Gasteiger partial charge in [0, 0.05) is 18.2 Å². The fraction of sp³-hybridized carbons (Fsp3) is 0.529. The number of rotatable bonds is 4. The van der Waals surface area contributed by atoms with Crippen LogP contribution in [0.1, 0.15) is 53.9 Å². The van der Waals surface area contributed by atoms with Crippen molar-refractivity contribution >= 4 is 12.1 Å². The molecular weight excluding hydrogens is 296 g/mol. The molecule has 0 aromatic heterocycles. The van der Waals surface area contributed by atoms with Gasteiger partial charge in [-0.2, -0.15) is 0 Å². The van der Waals surface area contributed by atoms with Crippen LogP contribution in [0.4, 0.5) is 4.79 Å². The van der Waals surface area contributed by atoms with E-state index < -0.39 is 11.7 Å². The Morgan fingerprint density at radius 3 is 2.70 bits per heavy atom. The Balaban J connectivity index is 2.10. The third-order valence-corrected chi connectivity index (χ3v) is 3.78. The molecule has 1 heterocycles. The number of fused-ring (bicyclic) bond motifs is 1. The molecule has 1 aromatic carbocycles. The van der Waals surface area contributed by atoms with Gasteiger partial charge in [-0.05, 0) is 51.9 Å². The summed E-state index contributed by atoms with van der Waals surface area (Å²) >= 11 is 0. The molecule has 0 bridgehead atoms. The van der Waals surface area contributed by atoms with E-state index in [0.29, 0.717) is 18.7 Å². The summed E-state index contributed by atoms with van der Waals surface area (Å²) in [7, 11) is 1.83. The van der Waals surface area contributed by atoms with Crippen molar-refractivity contribution in [1.29, 1.82) is 0 Å². The van der Waals surface area contributed by atoms with Gasteiger partial charge >= 0.3 is 12.1 Å². The predicted molar refractivity (Wildman–Crippen MR) is 86.3 cm³/mol. The highest BCUT2D eigenvalue weighted by Gasteiger charge is 2.26. The number of carbonyl (C=O) groups is 2. The first-order valence-corrected chi connectivity index (χ1v) is 7.66. The number of alkyl carbamates (subject to hydrolysis) is 1. The van der Waals surface area contributed by atoms with Crippen molar-refractivity contribution < 1.29 is 19.1 Å². The molecule has 1 unspecified atom stereocenters. The third-order valence-electron chi connectivity index (χ3n) is 3.78. The van der Waals surface area contributed by atoms with Crippen LogP contribution in [-0.2, 0) is 16.1 Å². The van der Waals surface area contributed by atoms with E-state index in [1.165, 1.54) is 0 Å². The first kappa shape index (κ1) is 17.3. The van der Waals surface area contributed by atoms with Crippen LogP contribution in [0.5, 0.6) is 0 Å². The highest BCUT2D eigenvalue weighted by atomic mass is 16.6. The lowest BCUT2D eigenvalue weighted by atomic mass is 9.94. The maximum atomic E-state index is 11.8. The van der Waals surface area contributed by atoms with Crippen LogP contribution >= 0.6 is 0 Å². The van der Waals surface area contributed by atoms with E-state index >= 15 is 0 Å². The molecule has 1 atom stereocenters. The van der Waals surface area contributed by atoms with Gasteiger partial charge in [0.25, 0.3) is 0 Å². The molecule has 0 saturated carbocycles. The van der Waals surface area contributed by atoms with E-state index in [-0.39, 0.29) is 12.0 Å². The number of hydrogen-bond acceptors (Lipinski definition) is 5. The maximum absolute atomic E-state index is 11.8. The molecule has 1 amide bonds. The van der Waals surface area contributed by atoms with Gasteiger partial charge in [0.2, 0.25) is 0 Å². The van der Waals surface area contributed by atoms with Gasteiger partial charge in [-0.3, -0.25) is 0 Å². The first-order chi connectivity index (χ1) is 10.7. The van der Waals surface area contributed by atoms with Gasteiger partial charge in [-0.1, -0.05) is 6.07 Å². The standard InChI is InChI=1S/C17H24N2O4/c1-10-11(6-7-12-13(10)9-22-15(12)20)14(18-5)8-19-16(21)23-17(2,3)4/h6-7,14,18H,8-9H2,1-5H3,(H,19,21). The molecule has 1 aliphatic rings. The topological polar surface area (TPSA) is 76.7 Å². The molecule has 1 aliphatic heterocycles. The van der Waals surface area contributed by atoms with Gasteiger partial charge in [0.05, 0.1) is 5.56 Å². The lowest BCUT2D eigenvalue weighted by Crippen LogP contribution is -2.37. The zero-order valence-corrected chi connectivity index (χ0v) is 14.3. The van der Waals surface area contributed by atoms with Crippen LogP contribution in [0.25, 0.3) is 0 Å². The van der Waals surface area contributed by atoms with Crippen LogP contribution < -0.4 is 10.6 Å². The molecule has 2 N–H and O–H groups in total. The van der Waals surface area contributed by atoms with Crippen LogP contribution in [-0.4, -0.2) is 31.3 Å². The number of benzene rings is 1. The van der Waals surface area contributed by atoms with E-state index in [2.05, 4.69) is 10.6 Å². The molecular formula is C17H24N2O4. The van der Waals surface area contributed by atoms with Crippen molar-refractivity contribution in [3.8, 4) is 0 Å². The van der Waals surface area contributed by atoms with Gasteiger partial charge < -0.3 is 20.1 Å². The Labute approximate surface area is 136 Å². The van der Waals surface area contributed by atoms with Crippen LogP contribution in [0.15, 0.2) is 12.1 Å². The summed E-state index contributed by atoms with van der Waals surface area (Å²) in [5.41, 5.74) is 3.06. The van der Waals surface area contributed by atoms with Gasteiger partial charge in [0.15, 0.2) is 0 Å². The molecule has 6 heteroatoms. The van der Waals surface area contributed by atoms with E-state index in [1.807, 2.05) is 40.8 Å². The lowest BCUT2D eigenvalue weighted by Gasteiger charge is -2.23. The van der Waals surface area contributed by atoms with Crippen molar-refractivity contribution in [1.82, 2.24) is 10.6 Å². The number of carbonyl (C=O) groups excluding carboxylic acids is 2. The van der Waals surface area contributed by atoms with E-state index in [0.717, 1.165) is 16.7 Å². The number of ether oxygens (including phenoxy) is 2. The Kier molecular flexibility index (Phi) is 4.94. The van der Waals surface area contributed by atoms with Gasteiger partial charge in [-0.25, -0.2) is 9.59 Å². The number of likely N-dealkylation sites (N-methyl/N-ethyl adjacent to an activating group) is 1. The minimum Gasteiger partial charge on any atom is -0.457 e. The molecule has 1 aromatic rings. The quantitative estimate of drug-likeness (QED) is 0.833. The van der Waals surface area contributed by atoms with Crippen molar-refractivity contribution in [2.45, 2.75) is 45.9 Å². The predicted octanol–water partition coefficient (Wildman–Crippen LogP) is 2.45. The first-order valence-electron chi connectivity index (χ1n) is 7.66. The Bertz CT molecular complexity index is 620. The summed E-state index contributed by atoms with van der Waals surface area (Å²) in [5.74, 6) is -0.275. The number of amides is 1. The number of hydrogen-bond donors (Lipinski definition) is 2. The SMILES string of the molecule is CNC(CNC(=O)OC(C)(C)C)c1ccc2c(c1C)COC2=O. The highest BCUT2D eigenvalue weighted by Crippen LogP contribution is 2.28. The van der Waals surface area contributed by atoms with E-state index in [1.54, 1.807) is 6.07 Å². The van der Waals surface area contributed by atoms with Crippen LogP contribution in [0.2, 0.25) is 0 Å². The Morgan fingerprint density at radius 2 is 2.09 bits per heavy atom. The second-order valence-electron chi connectivity index (χ2n) is 6.61. The summed E-state index contributed by atoms with van der Waals surface area (Å²) < 4.78 is 10.3. The number of cyclic esters (lactones) is 1. The molecule has 0 radical (unpaired) electrons. The van der Waals surface area contributed by atoms with Crippen LogP contribution in [0, 0.1) is 6.92 Å².